The van der Waals surface area contributed by atoms with Crippen LogP contribution in [0.15, 0.2) is 77.7 Å². The number of ether oxygens (including phenoxy) is 2. The summed E-state index contributed by atoms with van der Waals surface area (Å²) in [6.45, 7) is 7.68. The van der Waals surface area contributed by atoms with Gasteiger partial charge in [0.25, 0.3) is 10.0 Å². The van der Waals surface area contributed by atoms with Crippen LogP contribution in [0.4, 0.5) is 5.69 Å². The van der Waals surface area contributed by atoms with Crippen LogP contribution in [0, 0.1) is 12.8 Å². The number of carbonyl (C=O) groups is 2. The highest BCUT2D eigenvalue weighted by molar-refractivity contribution is 7.92. The zero-order valence-electron chi connectivity index (χ0n) is 25.2. The van der Waals surface area contributed by atoms with Gasteiger partial charge < -0.3 is 19.7 Å². The molecule has 3 aromatic carbocycles. The Morgan fingerprint density at radius 3 is 2.17 bits per heavy atom. The topological polar surface area (TPSA) is 105 Å². The molecule has 0 aliphatic carbocycles. The fourth-order valence-electron chi connectivity index (χ4n) is 4.46. The highest BCUT2D eigenvalue weighted by Gasteiger charge is 2.35. The molecule has 2 amide bonds. The number of aryl methyl sites for hydroxylation is 1. The van der Waals surface area contributed by atoms with E-state index in [2.05, 4.69) is 5.32 Å². The van der Waals surface area contributed by atoms with Crippen molar-refractivity contribution in [3.05, 3.63) is 83.9 Å². The average Bonchev–Trinajstić information content (AvgIpc) is 2.98. The third-order valence-electron chi connectivity index (χ3n) is 6.81. The molecule has 0 aliphatic rings. The van der Waals surface area contributed by atoms with E-state index < -0.39 is 28.5 Å². The summed E-state index contributed by atoms with van der Waals surface area (Å²) in [5.41, 5.74) is 1.85. The van der Waals surface area contributed by atoms with Gasteiger partial charge in [0.2, 0.25) is 11.8 Å². The third-order valence-corrected chi connectivity index (χ3v) is 8.58. The van der Waals surface area contributed by atoms with Gasteiger partial charge in [-0.1, -0.05) is 68.8 Å². The molecule has 0 aliphatic heterocycles. The Morgan fingerprint density at radius 1 is 0.929 bits per heavy atom. The van der Waals surface area contributed by atoms with Gasteiger partial charge in [-0.15, -0.1) is 0 Å². The molecule has 0 saturated carbocycles. The van der Waals surface area contributed by atoms with E-state index in [4.69, 9.17) is 9.47 Å². The first-order valence-electron chi connectivity index (χ1n) is 13.9. The fourth-order valence-corrected chi connectivity index (χ4v) is 5.88. The molecule has 0 radical (unpaired) electrons. The number of hydrogen-bond acceptors (Lipinski definition) is 6. The molecule has 0 unspecified atom stereocenters. The van der Waals surface area contributed by atoms with Gasteiger partial charge in [-0.05, 0) is 49.1 Å². The average molecular weight is 596 g/mol. The number of rotatable bonds is 14. The van der Waals surface area contributed by atoms with Crippen LogP contribution in [0.3, 0.4) is 0 Å². The summed E-state index contributed by atoms with van der Waals surface area (Å²) in [5, 5.41) is 2.93. The van der Waals surface area contributed by atoms with E-state index >= 15 is 0 Å². The second kappa shape index (κ2) is 14.7. The van der Waals surface area contributed by atoms with Crippen molar-refractivity contribution in [2.75, 3.05) is 31.6 Å². The van der Waals surface area contributed by atoms with Gasteiger partial charge in [-0.2, -0.15) is 0 Å². The number of benzene rings is 3. The quantitative estimate of drug-likeness (QED) is 0.288. The third kappa shape index (κ3) is 8.03. The van der Waals surface area contributed by atoms with Gasteiger partial charge in [-0.3, -0.25) is 13.9 Å². The number of nitrogens with zero attached hydrogens (tertiary/aromatic N) is 2. The Labute approximate surface area is 249 Å². The zero-order valence-corrected chi connectivity index (χ0v) is 26.0. The maximum atomic E-state index is 14.2. The second-order valence-corrected chi connectivity index (χ2v) is 12.3. The molecule has 0 aromatic heterocycles. The number of methoxy groups -OCH3 is 2. The van der Waals surface area contributed by atoms with Crippen molar-refractivity contribution in [1.82, 2.24) is 10.2 Å². The molecule has 0 fully saturated rings. The van der Waals surface area contributed by atoms with Crippen LogP contribution in [0.5, 0.6) is 11.5 Å². The predicted octanol–water partition coefficient (Wildman–Crippen LogP) is 4.79. The smallest absolute Gasteiger partial charge is 0.264 e. The zero-order chi connectivity index (χ0) is 30.9. The molecule has 0 spiro atoms. The lowest BCUT2D eigenvalue weighted by Gasteiger charge is -2.33. The molecule has 226 valence electrons. The van der Waals surface area contributed by atoms with E-state index in [-0.39, 0.29) is 34.7 Å². The Bertz CT molecular complexity index is 1440. The van der Waals surface area contributed by atoms with Crippen LogP contribution in [-0.2, 0) is 26.2 Å². The number of amides is 2. The minimum atomic E-state index is -4.25. The largest absolute Gasteiger partial charge is 0.497 e. The first kappa shape index (κ1) is 32.5. The molecule has 10 heteroatoms. The van der Waals surface area contributed by atoms with Crippen molar-refractivity contribution in [3.8, 4) is 11.5 Å². The van der Waals surface area contributed by atoms with Crippen LogP contribution in [0.2, 0.25) is 0 Å². The minimum Gasteiger partial charge on any atom is -0.497 e. The van der Waals surface area contributed by atoms with Crippen molar-refractivity contribution in [2.24, 2.45) is 5.92 Å². The highest BCUT2D eigenvalue weighted by atomic mass is 32.2. The van der Waals surface area contributed by atoms with Crippen molar-refractivity contribution in [3.63, 3.8) is 0 Å². The van der Waals surface area contributed by atoms with Gasteiger partial charge >= 0.3 is 0 Å². The predicted molar refractivity (Wildman–Crippen MR) is 164 cm³/mol. The molecule has 42 heavy (non-hydrogen) atoms. The Kier molecular flexibility index (Phi) is 11.4. The molecule has 3 aromatic rings. The monoisotopic (exact) mass is 595 g/mol. The summed E-state index contributed by atoms with van der Waals surface area (Å²) >= 11 is 0. The summed E-state index contributed by atoms with van der Waals surface area (Å²) in [4.78, 5) is 29.0. The molecular weight excluding hydrogens is 554 g/mol. The summed E-state index contributed by atoms with van der Waals surface area (Å²) in [6, 6.07) is 19.7. The Balaban J connectivity index is 2.12. The second-order valence-electron chi connectivity index (χ2n) is 10.4. The standard InChI is InChI=1S/C32H41N3O6S/c1-7-28(32(37)33-20-23(2)3)34(21-25-11-9-8-10-12-25)31(36)22-35(29-19-26(40-5)15-18-30(29)41-6)42(38,39)27-16-13-24(4)14-17-27/h8-19,23,28H,7,20-22H2,1-6H3,(H,33,37)/t28-/m0/s1. The van der Waals surface area contributed by atoms with Crippen molar-refractivity contribution < 1.29 is 27.5 Å². The molecule has 0 bridgehead atoms. The van der Waals surface area contributed by atoms with Crippen LogP contribution in [0.1, 0.15) is 38.3 Å². The maximum Gasteiger partial charge on any atom is 0.264 e. The first-order valence-corrected chi connectivity index (χ1v) is 15.4. The van der Waals surface area contributed by atoms with E-state index in [0.29, 0.717) is 18.7 Å². The molecule has 1 N–H and O–H groups in total. The van der Waals surface area contributed by atoms with E-state index in [1.165, 1.54) is 37.3 Å². The Morgan fingerprint density at radius 2 is 1.60 bits per heavy atom. The highest BCUT2D eigenvalue weighted by Crippen LogP contribution is 2.36. The lowest BCUT2D eigenvalue weighted by Crippen LogP contribution is -2.52. The number of nitrogens with one attached hydrogen (secondary N) is 1. The number of sulfonamides is 1. The van der Waals surface area contributed by atoms with E-state index in [9.17, 15) is 18.0 Å². The number of hydrogen-bond donors (Lipinski definition) is 1. The first-order chi connectivity index (χ1) is 20.0. The lowest BCUT2D eigenvalue weighted by molar-refractivity contribution is -0.140. The molecular formula is C32H41N3O6S. The summed E-state index contributed by atoms with van der Waals surface area (Å²) in [5.74, 6) is 0.0346. The Hall–Kier alpha value is -4.05. The van der Waals surface area contributed by atoms with Gasteiger partial charge in [0.15, 0.2) is 0 Å². The van der Waals surface area contributed by atoms with Crippen molar-refractivity contribution in [1.29, 1.82) is 0 Å². The van der Waals surface area contributed by atoms with Crippen LogP contribution in [-0.4, -0.2) is 58.5 Å². The molecule has 0 heterocycles. The van der Waals surface area contributed by atoms with Crippen molar-refractivity contribution in [2.45, 2.75) is 51.6 Å². The minimum absolute atomic E-state index is 0.0158. The van der Waals surface area contributed by atoms with Gasteiger partial charge in [0.1, 0.15) is 24.1 Å². The molecule has 9 nitrogen and oxygen atoms in total. The fraction of sp³-hybridized carbons (Fsp3) is 0.375. The van der Waals surface area contributed by atoms with Gasteiger partial charge in [0, 0.05) is 19.2 Å². The van der Waals surface area contributed by atoms with Crippen LogP contribution >= 0.6 is 0 Å². The number of carbonyl (C=O) groups excluding carboxylic acids is 2. The molecule has 3 rings (SSSR count). The SMILES string of the molecule is CC[C@@H](C(=O)NCC(C)C)N(Cc1ccccc1)C(=O)CN(c1cc(OC)ccc1OC)S(=O)(=O)c1ccc(C)cc1. The summed E-state index contributed by atoms with van der Waals surface area (Å²) < 4.78 is 40.2. The van der Waals surface area contributed by atoms with E-state index in [1.54, 1.807) is 24.3 Å². The maximum absolute atomic E-state index is 14.2. The van der Waals surface area contributed by atoms with Crippen LogP contribution < -0.4 is 19.1 Å². The number of anilines is 1. The lowest BCUT2D eigenvalue weighted by atomic mass is 10.1. The summed E-state index contributed by atoms with van der Waals surface area (Å²) in [7, 11) is -1.36. The normalized spacial score (nSPS) is 12.0. The van der Waals surface area contributed by atoms with E-state index in [0.717, 1.165) is 15.4 Å². The summed E-state index contributed by atoms with van der Waals surface area (Å²) in [6.07, 6.45) is 0.343. The van der Waals surface area contributed by atoms with Gasteiger partial charge in [0.05, 0.1) is 24.8 Å². The van der Waals surface area contributed by atoms with E-state index in [1.807, 2.05) is 58.0 Å². The van der Waals surface area contributed by atoms with Gasteiger partial charge in [-0.25, -0.2) is 8.42 Å². The van der Waals surface area contributed by atoms with Crippen LogP contribution in [0.25, 0.3) is 0 Å². The molecule has 0 saturated heterocycles. The van der Waals surface area contributed by atoms with Crippen molar-refractivity contribution >= 4 is 27.5 Å². The molecule has 1 atom stereocenters.